The lowest BCUT2D eigenvalue weighted by molar-refractivity contribution is 0.184. The van der Waals surface area contributed by atoms with Gasteiger partial charge in [0.2, 0.25) is 0 Å². The Hall–Kier alpha value is -1.81. The number of rotatable bonds is 4. The van der Waals surface area contributed by atoms with E-state index in [1.807, 2.05) is 24.3 Å². The van der Waals surface area contributed by atoms with Crippen molar-refractivity contribution in [2.24, 2.45) is 7.05 Å². The maximum Gasteiger partial charge on any atom is 0.258 e. The first kappa shape index (κ1) is 14.1. The van der Waals surface area contributed by atoms with E-state index in [4.69, 9.17) is 4.74 Å². The van der Waals surface area contributed by atoms with Crippen LogP contribution >= 0.6 is 0 Å². The van der Waals surface area contributed by atoms with Crippen molar-refractivity contribution in [2.75, 3.05) is 26.2 Å². The molecule has 1 fully saturated rings. The number of hydrogen-bond donors (Lipinski definition) is 0. The third-order valence-electron chi connectivity index (χ3n) is 4.20. The molecule has 1 aromatic heterocycles. The summed E-state index contributed by atoms with van der Waals surface area (Å²) in [6, 6.07) is 7.64. The summed E-state index contributed by atoms with van der Waals surface area (Å²) >= 11 is 0. The van der Waals surface area contributed by atoms with Gasteiger partial charge in [0.05, 0.1) is 5.39 Å². The number of ether oxygens (including phenoxy) is 1. The summed E-state index contributed by atoms with van der Waals surface area (Å²) in [7, 11) is 1.77. The number of nitrogens with zero attached hydrogens (tertiary/aromatic N) is 2. The Morgan fingerprint density at radius 3 is 2.71 bits per heavy atom. The number of likely N-dealkylation sites (tertiary alicyclic amines) is 1. The minimum atomic E-state index is 0.0222. The van der Waals surface area contributed by atoms with Gasteiger partial charge in [0.15, 0.2) is 0 Å². The van der Waals surface area contributed by atoms with Crippen LogP contribution in [0.3, 0.4) is 0 Å². The SMILES string of the molecule is Cn1ccc2c(OCCN3CCCCC3)cccc2c1=O. The van der Waals surface area contributed by atoms with Gasteiger partial charge in [-0.25, -0.2) is 0 Å². The van der Waals surface area contributed by atoms with E-state index in [1.54, 1.807) is 17.8 Å². The monoisotopic (exact) mass is 286 g/mol. The molecule has 21 heavy (non-hydrogen) atoms. The first-order valence-corrected chi connectivity index (χ1v) is 7.69. The van der Waals surface area contributed by atoms with E-state index in [2.05, 4.69) is 4.90 Å². The predicted octanol–water partition coefficient (Wildman–Crippen LogP) is 2.40. The number of piperidine rings is 1. The summed E-state index contributed by atoms with van der Waals surface area (Å²) in [5.41, 5.74) is 0.0222. The summed E-state index contributed by atoms with van der Waals surface area (Å²) in [5, 5.41) is 1.62. The molecular weight excluding hydrogens is 264 g/mol. The molecule has 0 atom stereocenters. The zero-order valence-corrected chi connectivity index (χ0v) is 12.5. The predicted molar refractivity (Wildman–Crippen MR) is 85.0 cm³/mol. The minimum absolute atomic E-state index is 0.0222. The molecule has 4 nitrogen and oxygen atoms in total. The Bertz CT molecular complexity index is 672. The first-order chi connectivity index (χ1) is 10.3. The number of fused-ring (bicyclic) bond motifs is 1. The van der Waals surface area contributed by atoms with Crippen molar-refractivity contribution in [2.45, 2.75) is 19.3 Å². The highest BCUT2D eigenvalue weighted by Gasteiger charge is 2.10. The smallest absolute Gasteiger partial charge is 0.258 e. The van der Waals surface area contributed by atoms with Gasteiger partial charge in [0, 0.05) is 25.2 Å². The molecule has 0 bridgehead atoms. The molecule has 1 saturated heterocycles. The molecule has 0 amide bonds. The maximum absolute atomic E-state index is 12.1. The summed E-state index contributed by atoms with van der Waals surface area (Å²) < 4.78 is 7.52. The average Bonchev–Trinajstić information content (AvgIpc) is 2.52. The van der Waals surface area contributed by atoms with Gasteiger partial charge in [-0.05, 0) is 44.1 Å². The summed E-state index contributed by atoms with van der Waals surface area (Å²) in [6.07, 6.45) is 5.74. The number of hydrogen-bond acceptors (Lipinski definition) is 3. The Balaban J connectivity index is 1.72. The quantitative estimate of drug-likeness (QED) is 0.865. The molecule has 112 valence electrons. The van der Waals surface area contributed by atoms with Crippen LogP contribution in [-0.4, -0.2) is 35.7 Å². The molecule has 0 aliphatic carbocycles. The van der Waals surface area contributed by atoms with Crippen molar-refractivity contribution >= 4 is 10.8 Å². The lowest BCUT2D eigenvalue weighted by atomic mass is 10.1. The van der Waals surface area contributed by atoms with Crippen molar-refractivity contribution in [3.63, 3.8) is 0 Å². The number of benzene rings is 1. The van der Waals surface area contributed by atoms with Gasteiger partial charge in [-0.15, -0.1) is 0 Å². The third-order valence-corrected chi connectivity index (χ3v) is 4.20. The molecule has 1 aliphatic rings. The van der Waals surface area contributed by atoms with Crippen molar-refractivity contribution in [3.8, 4) is 5.75 Å². The van der Waals surface area contributed by atoms with Crippen molar-refractivity contribution < 1.29 is 4.74 Å². The van der Waals surface area contributed by atoms with Crippen LogP contribution in [0.1, 0.15) is 19.3 Å². The van der Waals surface area contributed by atoms with E-state index in [-0.39, 0.29) is 5.56 Å². The largest absolute Gasteiger partial charge is 0.492 e. The number of aryl methyl sites for hydroxylation is 1. The molecule has 2 aromatic rings. The van der Waals surface area contributed by atoms with E-state index in [0.29, 0.717) is 6.61 Å². The highest BCUT2D eigenvalue weighted by Crippen LogP contribution is 2.23. The summed E-state index contributed by atoms with van der Waals surface area (Å²) in [6.45, 7) is 3.99. The van der Waals surface area contributed by atoms with E-state index >= 15 is 0 Å². The average molecular weight is 286 g/mol. The molecule has 0 radical (unpaired) electrons. The van der Waals surface area contributed by atoms with Crippen molar-refractivity contribution in [3.05, 3.63) is 40.8 Å². The van der Waals surface area contributed by atoms with Gasteiger partial charge in [-0.2, -0.15) is 0 Å². The van der Waals surface area contributed by atoms with Crippen LogP contribution in [0.25, 0.3) is 10.8 Å². The Labute approximate surface area is 124 Å². The molecule has 0 spiro atoms. The number of pyridine rings is 1. The first-order valence-electron chi connectivity index (χ1n) is 7.69. The van der Waals surface area contributed by atoms with Gasteiger partial charge < -0.3 is 9.30 Å². The Kier molecular flexibility index (Phi) is 4.25. The molecule has 4 heteroatoms. The van der Waals surface area contributed by atoms with Gasteiger partial charge in [0.25, 0.3) is 5.56 Å². The van der Waals surface area contributed by atoms with Crippen LogP contribution in [0.2, 0.25) is 0 Å². The highest BCUT2D eigenvalue weighted by atomic mass is 16.5. The lowest BCUT2D eigenvalue weighted by Gasteiger charge is -2.26. The molecule has 0 saturated carbocycles. The number of aromatic nitrogens is 1. The van der Waals surface area contributed by atoms with Crippen molar-refractivity contribution in [1.82, 2.24) is 9.47 Å². The normalized spacial score (nSPS) is 16.2. The van der Waals surface area contributed by atoms with E-state index in [9.17, 15) is 4.79 Å². The highest BCUT2D eigenvalue weighted by molar-refractivity contribution is 5.87. The van der Waals surface area contributed by atoms with Crippen LogP contribution in [0.4, 0.5) is 0 Å². The molecule has 1 aliphatic heterocycles. The van der Waals surface area contributed by atoms with E-state index in [1.165, 1.54) is 32.4 Å². The molecule has 3 rings (SSSR count). The second-order valence-corrected chi connectivity index (χ2v) is 5.70. The fourth-order valence-electron chi connectivity index (χ4n) is 2.94. The Morgan fingerprint density at radius 2 is 1.90 bits per heavy atom. The summed E-state index contributed by atoms with van der Waals surface area (Å²) in [5.74, 6) is 0.808. The molecule has 0 N–H and O–H groups in total. The Morgan fingerprint density at radius 1 is 1.10 bits per heavy atom. The zero-order chi connectivity index (χ0) is 14.7. The fourth-order valence-corrected chi connectivity index (χ4v) is 2.94. The van der Waals surface area contributed by atoms with Crippen LogP contribution < -0.4 is 10.3 Å². The second-order valence-electron chi connectivity index (χ2n) is 5.70. The second kappa shape index (κ2) is 6.31. The zero-order valence-electron chi connectivity index (χ0n) is 12.5. The van der Waals surface area contributed by atoms with Gasteiger partial charge >= 0.3 is 0 Å². The minimum Gasteiger partial charge on any atom is -0.492 e. The third kappa shape index (κ3) is 3.10. The molecule has 1 aromatic carbocycles. The standard InChI is InChI=1S/C17H22N2O2/c1-18-11-8-14-15(17(18)20)6-5-7-16(14)21-13-12-19-9-3-2-4-10-19/h5-8,11H,2-4,9-10,12-13H2,1H3. The molecular formula is C17H22N2O2. The van der Waals surface area contributed by atoms with E-state index < -0.39 is 0 Å². The fraction of sp³-hybridized carbons (Fsp3) is 0.471. The molecule has 0 unspecified atom stereocenters. The van der Waals surface area contributed by atoms with Gasteiger partial charge in [-0.1, -0.05) is 12.5 Å². The van der Waals surface area contributed by atoms with Crippen LogP contribution in [0.15, 0.2) is 35.3 Å². The van der Waals surface area contributed by atoms with Crippen molar-refractivity contribution in [1.29, 1.82) is 0 Å². The topological polar surface area (TPSA) is 34.5 Å². The maximum atomic E-state index is 12.1. The van der Waals surface area contributed by atoms with E-state index in [0.717, 1.165) is 23.1 Å². The summed E-state index contributed by atoms with van der Waals surface area (Å²) in [4.78, 5) is 14.6. The van der Waals surface area contributed by atoms with Gasteiger partial charge in [0.1, 0.15) is 12.4 Å². The van der Waals surface area contributed by atoms with Crippen LogP contribution in [0.5, 0.6) is 5.75 Å². The van der Waals surface area contributed by atoms with Crippen LogP contribution in [0, 0.1) is 0 Å². The lowest BCUT2D eigenvalue weighted by Crippen LogP contribution is -2.33. The molecule has 2 heterocycles. The van der Waals surface area contributed by atoms with Gasteiger partial charge in [-0.3, -0.25) is 9.69 Å². The van der Waals surface area contributed by atoms with Crippen LogP contribution in [-0.2, 0) is 7.05 Å².